The molecule has 0 aromatic heterocycles. The summed E-state index contributed by atoms with van der Waals surface area (Å²) >= 11 is 5.84. The quantitative estimate of drug-likeness (QED) is 0.644. The minimum atomic E-state index is -3.93. The highest BCUT2D eigenvalue weighted by Crippen LogP contribution is 2.27. The highest BCUT2D eigenvalue weighted by molar-refractivity contribution is 7.89. The van der Waals surface area contributed by atoms with Gasteiger partial charge in [0.25, 0.3) is 5.69 Å². The summed E-state index contributed by atoms with van der Waals surface area (Å²) in [6.07, 6.45) is 1.69. The SMILES string of the molecule is O=[N+]([O-])c1ccc(Cl)c(S(=O)(=O)NC2CCC(O)CC2)c1. The molecule has 0 atom stereocenters. The number of aliphatic hydroxyl groups is 1. The van der Waals surface area contributed by atoms with E-state index in [0.717, 1.165) is 12.1 Å². The van der Waals surface area contributed by atoms with E-state index in [9.17, 15) is 23.6 Å². The van der Waals surface area contributed by atoms with Crippen LogP contribution >= 0.6 is 11.6 Å². The summed E-state index contributed by atoms with van der Waals surface area (Å²) in [5.74, 6) is 0. The molecular formula is C12H15ClN2O5S. The molecule has 0 radical (unpaired) electrons. The third-order valence-corrected chi connectivity index (χ3v) is 5.44. The van der Waals surface area contributed by atoms with Gasteiger partial charge in [-0.1, -0.05) is 11.6 Å². The van der Waals surface area contributed by atoms with Crippen LogP contribution in [0.3, 0.4) is 0 Å². The van der Waals surface area contributed by atoms with E-state index in [4.69, 9.17) is 11.6 Å². The summed E-state index contributed by atoms with van der Waals surface area (Å²) in [5.41, 5.74) is -0.334. The lowest BCUT2D eigenvalue weighted by Gasteiger charge is -2.26. The number of halogens is 1. The van der Waals surface area contributed by atoms with E-state index in [0.29, 0.717) is 25.7 Å². The Bertz CT molecular complexity index is 641. The molecule has 21 heavy (non-hydrogen) atoms. The fourth-order valence-corrected chi connectivity index (χ4v) is 4.11. The molecule has 0 spiro atoms. The highest BCUT2D eigenvalue weighted by Gasteiger charge is 2.27. The molecule has 0 saturated heterocycles. The van der Waals surface area contributed by atoms with E-state index in [1.54, 1.807) is 0 Å². The zero-order valence-electron chi connectivity index (χ0n) is 11.0. The molecule has 2 rings (SSSR count). The van der Waals surface area contributed by atoms with Crippen molar-refractivity contribution >= 4 is 27.3 Å². The molecule has 1 fully saturated rings. The molecule has 0 bridgehead atoms. The Hall–Kier alpha value is -1.22. The van der Waals surface area contributed by atoms with Crippen molar-refractivity contribution < 1.29 is 18.4 Å². The molecule has 0 aliphatic heterocycles. The van der Waals surface area contributed by atoms with Crippen molar-refractivity contribution in [1.82, 2.24) is 4.72 Å². The number of hydrogen-bond donors (Lipinski definition) is 2. The minimum Gasteiger partial charge on any atom is -0.393 e. The molecule has 0 heterocycles. The largest absolute Gasteiger partial charge is 0.393 e. The Morgan fingerprint density at radius 3 is 2.48 bits per heavy atom. The Kier molecular flexibility index (Phi) is 4.82. The summed E-state index contributed by atoms with van der Waals surface area (Å²) in [5, 5.41) is 20.1. The van der Waals surface area contributed by atoms with Gasteiger partial charge in [0.2, 0.25) is 10.0 Å². The number of nitro benzene ring substituents is 1. The summed E-state index contributed by atoms with van der Waals surface area (Å²) in [6.45, 7) is 0. The van der Waals surface area contributed by atoms with Gasteiger partial charge in [0, 0.05) is 18.2 Å². The predicted molar refractivity (Wildman–Crippen MR) is 76.7 cm³/mol. The average Bonchev–Trinajstić information content (AvgIpc) is 2.41. The monoisotopic (exact) mass is 334 g/mol. The second-order valence-electron chi connectivity index (χ2n) is 5.00. The Balaban J connectivity index is 2.23. The van der Waals surface area contributed by atoms with Crippen molar-refractivity contribution in [3.8, 4) is 0 Å². The molecule has 7 nitrogen and oxygen atoms in total. The van der Waals surface area contributed by atoms with E-state index in [1.165, 1.54) is 6.07 Å². The fraction of sp³-hybridized carbons (Fsp3) is 0.500. The summed E-state index contributed by atoms with van der Waals surface area (Å²) in [6, 6.07) is 2.99. The summed E-state index contributed by atoms with van der Waals surface area (Å²) in [7, 11) is -3.93. The van der Waals surface area contributed by atoms with Crippen LogP contribution in [0.1, 0.15) is 25.7 Å². The van der Waals surface area contributed by atoms with Gasteiger partial charge in [-0.05, 0) is 31.7 Å². The molecular weight excluding hydrogens is 320 g/mol. The topological polar surface area (TPSA) is 110 Å². The number of benzene rings is 1. The first kappa shape index (κ1) is 16.2. The zero-order valence-corrected chi connectivity index (χ0v) is 12.6. The van der Waals surface area contributed by atoms with E-state index < -0.39 is 21.1 Å². The van der Waals surface area contributed by atoms with Crippen molar-refractivity contribution in [3.05, 3.63) is 33.3 Å². The van der Waals surface area contributed by atoms with Crippen molar-refractivity contribution in [2.75, 3.05) is 0 Å². The lowest BCUT2D eigenvalue weighted by atomic mass is 9.94. The van der Waals surface area contributed by atoms with Crippen LogP contribution in [0.2, 0.25) is 5.02 Å². The maximum atomic E-state index is 12.3. The van der Waals surface area contributed by atoms with E-state index in [-0.39, 0.29) is 21.6 Å². The molecule has 0 unspecified atom stereocenters. The van der Waals surface area contributed by atoms with Crippen molar-refractivity contribution in [2.24, 2.45) is 0 Å². The van der Waals surface area contributed by atoms with Crippen LogP contribution in [0.5, 0.6) is 0 Å². The number of nitro groups is 1. The van der Waals surface area contributed by atoms with Gasteiger partial charge in [0.1, 0.15) is 4.90 Å². The van der Waals surface area contributed by atoms with Gasteiger partial charge in [-0.25, -0.2) is 13.1 Å². The van der Waals surface area contributed by atoms with Crippen molar-refractivity contribution in [3.63, 3.8) is 0 Å². The first-order valence-electron chi connectivity index (χ1n) is 6.44. The number of non-ortho nitro benzene ring substituents is 1. The Labute approximate surface area is 127 Å². The standard InChI is InChI=1S/C12H15ClN2O5S/c13-11-6-3-9(15(17)18)7-12(11)21(19,20)14-8-1-4-10(16)5-2-8/h3,6-8,10,14,16H,1-2,4-5H2. The maximum absolute atomic E-state index is 12.3. The molecule has 1 aromatic rings. The van der Waals surface area contributed by atoms with E-state index in [1.807, 2.05) is 0 Å². The van der Waals surface area contributed by atoms with Gasteiger partial charge in [0.05, 0.1) is 16.0 Å². The molecule has 1 aliphatic carbocycles. The number of sulfonamides is 1. The smallest absolute Gasteiger partial charge is 0.270 e. The third kappa shape index (κ3) is 3.91. The van der Waals surface area contributed by atoms with Crippen LogP contribution in [0.15, 0.2) is 23.1 Å². The fourth-order valence-electron chi connectivity index (χ4n) is 2.29. The van der Waals surface area contributed by atoms with Gasteiger partial charge >= 0.3 is 0 Å². The van der Waals surface area contributed by atoms with Crippen LogP contribution in [0.4, 0.5) is 5.69 Å². The van der Waals surface area contributed by atoms with Gasteiger partial charge in [0.15, 0.2) is 0 Å². The van der Waals surface area contributed by atoms with Gasteiger partial charge in [-0.3, -0.25) is 10.1 Å². The van der Waals surface area contributed by atoms with Crippen LogP contribution in [-0.2, 0) is 10.0 Å². The number of nitrogens with zero attached hydrogens (tertiary/aromatic N) is 1. The summed E-state index contributed by atoms with van der Waals surface area (Å²) in [4.78, 5) is 9.76. The Morgan fingerprint density at radius 2 is 1.90 bits per heavy atom. The van der Waals surface area contributed by atoms with Gasteiger partial charge in [-0.15, -0.1) is 0 Å². The predicted octanol–water partition coefficient (Wildman–Crippen LogP) is 1.83. The number of nitrogens with one attached hydrogen (secondary N) is 1. The molecule has 1 aromatic carbocycles. The van der Waals surface area contributed by atoms with Crippen molar-refractivity contribution in [1.29, 1.82) is 0 Å². The number of rotatable bonds is 4. The molecule has 9 heteroatoms. The number of aliphatic hydroxyl groups excluding tert-OH is 1. The summed E-state index contributed by atoms with van der Waals surface area (Å²) < 4.78 is 27.1. The molecule has 116 valence electrons. The molecule has 0 amide bonds. The minimum absolute atomic E-state index is 0.0658. The second-order valence-corrected chi connectivity index (χ2v) is 7.09. The molecule has 1 aliphatic rings. The third-order valence-electron chi connectivity index (χ3n) is 3.43. The van der Waals surface area contributed by atoms with Gasteiger partial charge < -0.3 is 5.11 Å². The van der Waals surface area contributed by atoms with Crippen molar-refractivity contribution in [2.45, 2.75) is 42.7 Å². The molecule has 1 saturated carbocycles. The van der Waals surface area contributed by atoms with Gasteiger partial charge in [-0.2, -0.15) is 0 Å². The second kappa shape index (κ2) is 6.27. The van der Waals surface area contributed by atoms with E-state index in [2.05, 4.69) is 4.72 Å². The first-order chi connectivity index (χ1) is 9.79. The van der Waals surface area contributed by atoms with Crippen LogP contribution < -0.4 is 4.72 Å². The van der Waals surface area contributed by atoms with Crippen LogP contribution in [0, 0.1) is 10.1 Å². The first-order valence-corrected chi connectivity index (χ1v) is 8.30. The van der Waals surface area contributed by atoms with E-state index >= 15 is 0 Å². The lowest BCUT2D eigenvalue weighted by molar-refractivity contribution is -0.385. The van der Waals surface area contributed by atoms with Crippen LogP contribution in [-0.4, -0.2) is 30.6 Å². The number of hydrogen-bond acceptors (Lipinski definition) is 5. The zero-order chi connectivity index (χ0) is 15.6. The average molecular weight is 335 g/mol. The highest BCUT2D eigenvalue weighted by atomic mass is 35.5. The molecule has 2 N–H and O–H groups in total. The van der Waals surface area contributed by atoms with Crippen LogP contribution in [0.25, 0.3) is 0 Å². The maximum Gasteiger partial charge on any atom is 0.270 e. The Morgan fingerprint density at radius 1 is 1.29 bits per heavy atom. The normalized spacial score (nSPS) is 23.0. The lowest BCUT2D eigenvalue weighted by Crippen LogP contribution is -2.38.